The summed E-state index contributed by atoms with van der Waals surface area (Å²) in [5.41, 5.74) is 1.36. The third-order valence-corrected chi connectivity index (χ3v) is 3.42. The molecule has 1 aromatic rings. The van der Waals surface area contributed by atoms with E-state index in [2.05, 4.69) is 50.0 Å². The van der Waals surface area contributed by atoms with E-state index in [9.17, 15) is 0 Å². The number of hydrogen-bond donors (Lipinski definition) is 1. The smallest absolute Gasteiger partial charge is 0.0191 e. The first kappa shape index (κ1) is 12.3. The van der Waals surface area contributed by atoms with Crippen LogP contribution >= 0.6 is 11.8 Å². The third-order valence-electron chi connectivity index (χ3n) is 2.14. The fraction of sp³-hybridized carbons (Fsp3) is 0.385. The maximum Gasteiger partial charge on any atom is 0.0191 e. The molecule has 0 bridgehead atoms. The number of thioether (sulfide) groups is 1. The van der Waals surface area contributed by atoms with Crippen LogP contribution in [0.5, 0.6) is 0 Å². The summed E-state index contributed by atoms with van der Waals surface area (Å²) >= 11 is 1.92. The molecule has 0 spiro atoms. The Morgan fingerprint density at radius 3 is 2.87 bits per heavy atom. The van der Waals surface area contributed by atoms with E-state index >= 15 is 0 Å². The van der Waals surface area contributed by atoms with Crippen molar-refractivity contribution in [1.82, 2.24) is 5.32 Å². The molecule has 0 aliphatic rings. The lowest BCUT2D eigenvalue weighted by Gasteiger charge is -2.12. The van der Waals surface area contributed by atoms with Gasteiger partial charge in [-0.25, -0.2) is 0 Å². The summed E-state index contributed by atoms with van der Waals surface area (Å²) in [6.45, 7) is 9.99. The minimum atomic E-state index is 0.589. The molecular weight excluding hydrogens is 202 g/mol. The molecule has 0 aliphatic heterocycles. The molecule has 0 saturated heterocycles. The van der Waals surface area contributed by atoms with Gasteiger partial charge in [0.15, 0.2) is 0 Å². The predicted molar refractivity (Wildman–Crippen MR) is 69.6 cm³/mol. The van der Waals surface area contributed by atoms with Crippen molar-refractivity contribution in [2.45, 2.75) is 24.0 Å². The standard InChI is InChI=1S/C13H19NS/c1-4-9-14-10-12(3)15-13-8-6-5-7-11(13)2/h4-8,12,14H,1,9-10H2,2-3H3. The number of benzene rings is 1. The molecule has 0 saturated carbocycles. The maximum atomic E-state index is 3.69. The second-order valence-corrected chi connectivity index (χ2v) is 5.12. The van der Waals surface area contributed by atoms with Gasteiger partial charge in [-0.1, -0.05) is 31.2 Å². The molecule has 1 N–H and O–H groups in total. The van der Waals surface area contributed by atoms with Gasteiger partial charge in [0.05, 0.1) is 0 Å². The van der Waals surface area contributed by atoms with Gasteiger partial charge in [-0.15, -0.1) is 18.3 Å². The molecular formula is C13H19NS. The van der Waals surface area contributed by atoms with Gasteiger partial charge >= 0.3 is 0 Å². The fourth-order valence-corrected chi connectivity index (χ4v) is 2.38. The Kier molecular flexibility index (Phi) is 5.51. The van der Waals surface area contributed by atoms with Crippen LogP contribution in [0.25, 0.3) is 0 Å². The van der Waals surface area contributed by atoms with E-state index in [1.165, 1.54) is 10.5 Å². The van der Waals surface area contributed by atoms with E-state index in [1.807, 2.05) is 17.8 Å². The zero-order valence-corrected chi connectivity index (χ0v) is 10.3. The summed E-state index contributed by atoms with van der Waals surface area (Å²) in [5, 5.41) is 3.92. The first-order valence-corrected chi connectivity index (χ1v) is 6.16. The normalized spacial score (nSPS) is 12.4. The third kappa shape index (κ3) is 4.54. The fourth-order valence-electron chi connectivity index (χ4n) is 1.34. The summed E-state index contributed by atoms with van der Waals surface area (Å²) in [7, 11) is 0. The van der Waals surface area contributed by atoms with Crippen LogP contribution in [0.3, 0.4) is 0 Å². The number of nitrogens with one attached hydrogen (secondary N) is 1. The lowest BCUT2D eigenvalue weighted by Crippen LogP contribution is -2.22. The monoisotopic (exact) mass is 221 g/mol. The highest BCUT2D eigenvalue weighted by Crippen LogP contribution is 2.25. The Balaban J connectivity index is 2.40. The Labute approximate surface area is 97.0 Å². The second-order valence-electron chi connectivity index (χ2n) is 3.64. The lowest BCUT2D eigenvalue weighted by atomic mass is 10.2. The van der Waals surface area contributed by atoms with Crippen molar-refractivity contribution in [2.24, 2.45) is 0 Å². The van der Waals surface area contributed by atoms with Crippen LogP contribution in [0.15, 0.2) is 41.8 Å². The predicted octanol–water partition coefficient (Wildman–Crippen LogP) is 3.25. The van der Waals surface area contributed by atoms with Crippen LogP contribution in [0, 0.1) is 6.92 Å². The molecule has 1 aromatic carbocycles. The van der Waals surface area contributed by atoms with Crippen molar-refractivity contribution in [3.8, 4) is 0 Å². The highest BCUT2D eigenvalue weighted by Gasteiger charge is 2.04. The minimum Gasteiger partial charge on any atom is -0.312 e. The van der Waals surface area contributed by atoms with Crippen molar-refractivity contribution in [1.29, 1.82) is 0 Å². The summed E-state index contributed by atoms with van der Waals surface area (Å²) in [4.78, 5) is 1.38. The van der Waals surface area contributed by atoms with E-state index in [0.717, 1.165) is 13.1 Å². The Morgan fingerprint density at radius 1 is 1.47 bits per heavy atom. The van der Waals surface area contributed by atoms with Gasteiger partial charge < -0.3 is 5.32 Å². The Bertz CT molecular complexity index is 309. The van der Waals surface area contributed by atoms with Crippen LogP contribution in [0.4, 0.5) is 0 Å². The molecule has 82 valence electrons. The zero-order chi connectivity index (χ0) is 11.1. The van der Waals surface area contributed by atoms with E-state index in [0.29, 0.717) is 5.25 Å². The average molecular weight is 221 g/mol. The largest absolute Gasteiger partial charge is 0.312 e. The van der Waals surface area contributed by atoms with Gasteiger partial charge in [0.1, 0.15) is 0 Å². The number of aryl methyl sites for hydroxylation is 1. The van der Waals surface area contributed by atoms with Crippen LogP contribution in [-0.4, -0.2) is 18.3 Å². The van der Waals surface area contributed by atoms with E-state index in [4.69, 9.17) is 0 Å². The quantitative estimate of drug-likeness (QED) is 0.449. The van der Waals surface area contributed by atoms with Crippen molar-refractivity contribution < 1.29 is 0 Å². The Morgan fingerprint density at radius 2 is 2.20 bits per heavy atom. The van der Waals surface area contributed by atoms with Gasteiger partial charge in [0.25, 0.3) is 0 Å². The summed E-state index contributed by atoms with van der Waals surface area (Å²) in [6.07, 6.45) is 1.89. The summed E-state index contributed by atoms with van der Waals surface area (Å²) < 4.78 is 0. The van der Waals surface area contributed by atoms with Crippen molar-refractivity contribution in [3.63, 3.8) is 0 Å². The van der Waals surface area contributed by atoms with E-state index in [1.54, 1.807) is 0 Å². The van der Waals surface area contributed by atoms with Crippen molar-refractivity contribution >= 4 is 11.8 Å². The second kappa shape index (κ2) is 6.70. The first-order chi connectivity index (χ1) is 7.24. The van der Waals surface area contributed by atoms with Crippen LogP contribution < -0.4 is 5.32 Å². The molecule has 1 nitrogen and oxygen atoms in total. The van der Waals surface area contributed by atoms with Crippen LogP contribution in [0.2, 0.25) is 0 Å². The molecule has 0 heterocycles. The maximum absolute atomic E-state index is 3.69. The molecule has 1 unspecified atom stereocenters. The molecule has 0 amide bonds. The highest BCUT2D eigenvalue weighted by molar-refractivity contribution is 8.00. The Hall–Kier alpha value is -0.730. The summed E-state index contributed by atoms with van der Waals surface area (Å²) in [5.74, 6) is 0. The van der Waals surface area contributed by atoms with E-state index < -0.39 is 0 Å². The average Bonchev–Trinajstić information content (AvgIpc) is 2.22. The molecule has 1 rings (SSSR count). The molecule has 0 aliphatic carbocycles. The van der Waals surface area contributed by atoms with Gasteiger partial charge in [0, 0.05) is 23.2 Å². The van der Waals surface area contributed by atoms with Gasteiger partial charge in [-0.05, 0) is 18.6 Å². The van der Waals surface area contributed by atoms with Gasteiger partial charge in [0.2, 0.25) is 0 Å². The molecule has 15 heavy (non-hydrogen) atoms. The molecule has 2 heteroatoms. The molecule has 0 aromatic heterocycles. The lowest BCUT2D eigenvalue weighted by molar-refractivity contribution is 0.740. The SMILES string of the molecule is C=CCNCC(C)Sc1ccccc1C. The van der Waals surface area contributed by atoms with Crippen molar-refractivity contribution in [3.05, 3.63) is 42.5 Å². The number of rotatable bonds is 6. The topological polar surface area (TPSA) is 12.0 Å². The van der Waals surface area contributed by atoms with Gasteiger partial charge in [-0.2, -0.15) is 0 Å². The molecule has 0 radical (unpaired) electrons. The molecule has 0 fully saturated rings. The first-order valence-electron chi connectivity index (χ1n) is 5.28. The van der Waals surface area contributed by atoms with Crippen LogP contribution in [0.1, 0.15) is 12.5 Å². The highest BCUT2D eigenvalue weighted by atomic mass is 32.2. The van der Waals surface area contributed by atoms with Crippen LogP contribution in [-0.2, 0) is 0 Å². The minimum absolute atomic E-state index is 0.589. The zero-order valence-electron chi connectivity index (χ0n) is 9.49. The number of hydrogen-bond acceptors (Lipinski definition) is 2. The summed E-state index contributed by atoms with van der Waals surface area (Å²) in [6, 6.07) is 8.52. The van der Waals surface area contributed by atoms with Crippen molar-refractivity contribution in [2.75, 3.05) is 13.1 Å². The van der Waals surface area contributed by atoms with Gasteiger partial charge in [-0.3, -0.25) is 0 Å². The van der Waals surface area contributed by atoms with E-state index in [-0.39, 0.29) is 0 Å². The molecule has 1 atom stereocenters.